The van der Waals surface area contributed by atoms with Gasteiger partial charge >= 0.3 is 0 Å². The molecule has 0 aromatic carbocycles. The van der Waals surface area contributed by atoms with E-state index in [1.165, 1.54) is 25.7 Å². The Bertz CT molecular complexity index is 324. The van der Waals surface area contributed by atoms with Gasteiger partial charge in [-0.05, 0) is 39.0 Å². The first-order valence-electron chi connectivity index (χ1n) is 7.89. The number of carbonyl (C=O) groups is 1. The largest absolute Gasteiger partial charge is 0.368 e. The summed E-state index contributed by atoms with van der Waals surface area (Å²) in [5, 5.41) is 3.14. The highest BCUT2D eigenvalue weighted by molar-refractivity contribution is 5.77. The molecule has 3 fully saturated rings. The zero-order chi connectivity index (χ0) is 13.2. The zero-order valence-electron chi connectivity index (χ0n) is 11.9. The van der Waals surface area contributed by atoms with Gasteiger partial charge in [0, 0.05) is 24.7 Å². The number of ether oxygens (including phenoxy) is 1. The van der Waals surface area contributed by atoms with Crippen molar-refractivity contribution in [2.75, 3.05) is 13.2 Å². The van der Waals surface area contributed by atoms with Gasteiger partial charge in [0.05, 0.1) is 6.10 Å². The molecule has 1 N–H and O–H groups in total. The Morgan fingerprint density at radius 3 is 2.68 bits per heavy atom. The van der Waals surface area contributed by atoms with Gasteiger partial charge in [0.25, 0.3) is 0 Å². The molecule has 2 atom stereocenters. The lowest BCUT2D eigenvalue weighted by Crippen LogP contribution is -2.40. The van der Waals surface area contributed by atoms with Crippen molar-refractivity contribution in [1.29, 1.82) is 0 Å². The second kappa shape index (κ2) is 5.80. The molecule has 19 heavy (non-hydrogen) atoms. The molecule has 0 aromatic rings. The summed E-state index contributed by atoms with van der Waals surface area (Å²) in [5.74, 6) is 0.0711. The van der Waals surface area contributed by atoms with Crippen molar-refractivity contribution in [1.82, 2.24) is 10.2 Å². The predicted octanol–water partition coefficient (Wildman–Crippen LogP) is 1.69. The van der Waals surface area contributed by atoms with Crippen LogP contribution in [0.2, 0.25) is 0 Å². The van der Waals surface area contributed by atoms with Crippen LogP contribution in [0.1, 0.15) is 51.9 Å². The lowest BCUT2D eigenvalue weighted by atomic mass is 10.2. The maximum Gasteiger partial charge on any atom is 0.246 e. The maximum absolute atomic E-state index is 11.9. The van der Waals surface area contributed by atoms with Crippen LogP contribution in [-0.2, 0) is 9.53 Å². The second-order valence-corrected chi connectivity index (χ2v) is 6.49. The zero-order valence-corrected chi connectivity index (χ0v) is 11.9. The number of carbonyl (C=O) groups excluding carboxylic acids is 1. The van der Waals surface area contributed by atoms with Crippen LogP contribution in [0.25, 0.3) is 0 Å². The number of amides is 1. The van der Waals surface area contributed by atoms with Crippen molar-refractivity contribution < 1.29 is 9.53 Å². The Labute approximate surface area is 115 Å². The summed E-state index contributed by atoms with van der Waals surface area (Å²) in [5.41, 5.74) is 0. The van der Waals surface area contributed by atoms with Gasteiger partial charge < -0.3 is 10.1 Å². The highest BCUT2D eigenvalue weighted by Crippen LogP contribution is 2.33. The minimum atomic E-state index is 0.0711. The minimum Gasteiger partial charge on any atom is -0.368 e. The number of rotatable bonds is 5. The summed E-state index contributed by atoms with van der Waals surface area (Å²) >= 11 is 0. The van der Waals surface area contributed by atoms with Crippen LogP contribution in [-0.4, -0.2) is 48.2 Å². The van der Waals surface area contributed by atoms with Gasteiger partial charge in [-0.1, -0.05) is 12.8 Å². The summed E-state index contributed by atoms with van der Waals surface area (Å²) < 4.78 is 5.66. The standard InChI is InChI=1S/C15H26N2O2/c1-11-8-12(9-17(11)13-6-7-13)16-15(18)10-19-14-4-2-3-5-14/h11-14H,2-10H2,1H3,(H,16,18)/t11-,12-/m1/s1. The Balaban J connectivity index is 1.37. The summed E-state index contributed by atoms with van der Waals surface area (Å²) in [6.07, 6.45) is 8.87. The van der Waals surface area contributed by atoms with E-state index < -0.39 is 0 Å². The molecule has 0 aromatic heterocycles. The fourth-order valence-electron chi connectivity index (χ4n) is 3.59. The molecule has 1 saturated heterocycles. The van der Waals surface area contributed by atoms with Crippen LogP contribution < -0.4 is 5.32 Å². The highest BCUT2D eigenvalue weighted by Gasteiger charge is 2.39. The molecule has 0 radical (unpaired) electrons. The number of nitrogens with one attached hydrogen (secondary N) is 1. The molecule has 0 bridgehead atoms. The van der Waals surface area contributed by atoms with Crippen LogP contribution in [0.4, 0.5) is 0 Å². The molecule has 0 unspecified atom stereocenters. The quantitative estimate of drug-likeness (QED) is 0.823. The van der Waals surface area contributed by atoms with Crippen molar-refractivity contribution in [2.24, 2.45) is 0 Å². The van der Waals surface area contributed by atoms with Gasteiger partial charge in [-0.3, -0.25) is 9.69 Å². The van der Waals surface area contributed by atoms with Crippen molar-refractivity contribution >= 4 is 5.91 Å². The van der Waals surface area contributed by atoms with E-state index in [9.17, 15) is 4.79 Å². The highest BCUT2D eigenvalue weighted by atomic mass is 16.5. The van der Waals surface area contributed by atoms with Crippen LogP contribution in [0.15, 0.2) is 0 Å². The summed E-state index contributed by atoms with van der Waals surface area (Å²) in [6.45, 7) is 3.56. The topological polar surface area (TPSA) is 41.6 Å². The van der Waals surface area contributed by atoms with E-state index in [0.717, 1.165) is 31.8 Å². The second-order valence-electron chi connectivity index (χ2n) is 6.49. The maximum atomic E-state index is 11.9. The lowest BCUT2D eigenvalue weighted by Gasteiger charge is -2.19. The molecule has 108 valence electrons. The average molecular weight is 266 g/mol. The molecule has 1 aliphatic heterocycles. The summed E-state index contributed by atoms with van der Waals surface area (Å²) in [4.78, 5) is 14.5. The molecule has 1 heterocycles. The van der Waals surface area contributed by atoms with Crippen LogP contribution >= 0.6 is 0 Å². The van der Waals surface area contributed by atoms with Gasteiger partial charge in [0.2, 0.25) is 5.91 Å². The number of nitrogens with zero attached hydrogens (tertiary/aromatic N) is 1. The van der Waals surface area contributed by atoms with E-state index in [1.54, 1.807) is 0 Å². The van der Waals surface area contributed by atoms with Crippen LogP contribution in [0.3, 0.4) is 0 Å². The molecule has 1 amide bonds. The number of likely N-dealkylation sites (tertiary alicyclic amines) is 1. The van der Waals surface area contributed by atoms with Crippen LogP contribution in [0, 0.1) is 0 Å². The van der Waals surface area contributed by atoms with Crippen molar-refractivity contribution in [3.8, 4) is 0 Å². The van der Waals surface area contributed by atoms with Crippen LogP contribution in [0.5, 0.6) is 0 Å². The molecular weight excluding hydrogens is 240 g/mol. The Hall–Kier alpha value is -0.610. The number of hydrogen-bond donors (Lipinski definition) is 1. The van der Waals surface area contributed by atoms with Crippen molar-refractivity contribution in [3.63, 3.8) is 0 Å². The Kier molecular flexibility index (Phi) is 4.08. The third-order valence-corrected chi connectivity index (χ3v) is 4.76. The van der Waals surface area contributed by atoms with E-state index in [1.807, 2.05) is 0 Å². The number of hydrogen-bond acceptors (Lipinski definition) is 3. The molecule has 2 aliphatic carbocycles. The monoisotopic (exact) mass is 266 g/mol. The molecular formula is C15H26N2O2. The SMILES string of the molecule is C[C@@H]1C[C@@H](NC(=O)COC2CCCC2)CN1C1CC1. The first kappa shape index (κ1) is 13.4. The fourth-order valence-corrected chi connectivity index (χ4v) is 3.59. The minimum absolute atomic E-state index is 0.0711. The molecule has 4 nitrogen and oxygen atoms in total. The first-order valence-corrected chi connectivity index (χ1v) is 7.89. The fraction of sp³-hybridized carbons (Fsp3) is 0.933. The predicted molar refractivity (Wildman–Crippen MR) is 73.9 cm³/mol. The van der Waals surface area contributed by atoms with Crippen molar-refractivity contribution in [2.45, 2.75) is 76.1 Å². The van der Waals surface area contributed by atoms with Gasteiger partial charge in [-0.15, -0.1) is 0 Å². The van der Waals surface area contributed by atoms with E-state index in [4.69, 9.17) is 4.74 Å². The van der Waals surface area contributed by atoms with E-state index in [-0.39, 0.29) is 12.5 Å². The molecule has 0 spiro atoms. The first-order chi connectivity index (χ1) is 9.22. The van der Waals surface area contributed by atoms with Crippen molar-refractivity contribution in [3.05, 3.63) is 0 Å². The van der Waals surface area contributed by atoms with E-state index in [0.29, 0.717) is 18.2 Å². The molecule has 3 rings (SSSR count). The average Bonchev–Trinajstić information content (AvgIpc) is 2.96. The lowest BCUT2D eigenvalue weighted by molar-refractivity contribution is -0.128. The molecule has 3 aliphatic rings. The van der Waals surface area contributed by atoms with E-state index in [2.05, 4.69) is 17.1 Å². The van der Waals surface area contributed by atoms with Gasteiger partial charge in [0.1, 0.15) is 6.61 Å². The molecule has 4 heteroatoms. The third-order valence-electron chi connectivity index (χ3n) is 4.76. The smallest absolute Gasteiger partial charge is 0.246 e. The normalized spacial score (nSPS) is 32.9. The Morgan fingerprint density at radius 2 is 2.00 bits per heavy atom. The Morgan fingerprint density at radius 1 is 1.26 bits per heavy atom. The van der Waals surface area contributed by atoms with Gasteiger partial charge in [-0.25, -0.2) is 0 Å². The van der Waals surface area contributed by atoms with Gasteiger partial charge in [-0.2, -0.15) is 0 Å². The summed E-state index contributed by atoms with van der Waals surface area (Å²) in [6, 6.07) is 1.75. The molecule has 2 saturated carbocycles. The van der Waals surface area contributed by atoms with E-state index >= 15 is 0 Å². The summed E-state index contributed by atoms with van der Waals surface area (Å²) in [7, 11) is 0. The third kappa shape index (κ3) is 3.48. The van der Waals surface area contributed by atoms with Gasteiger partial charge in [0.15, 0.2) is 0 Å².